The van der Waals surface area contributed by atoms with Gasteiger partial charge in [0.05, 0.1) is 6.61 Å². The van der Waals surface area contributed by atoms with E-state index in [4.69, 9.17) is 17.0 Å². The van der Waals surface area contributed by atoms with Crippen LogP contribution in [0, 0.1) is 0 Å². The highest BCUT2D eigenvalue weighted by Gasteiger charge is 2.04. The van der Waals surface area contributed by atoms with Gasteiger partial charge >= 0.3 is 0 Å². The molecule has 0 heterocycles. The lowest BCUT2D eigenvalue weighted by molar-refractivity contribution is 0.179. The first kappa shape index (κ1) is 12.7. The predicted octanol–water partition coefficient (Wildman–Crippen LogP) is 1.28. The van der Waals surface area contributed by atoms with Gasteiger partial charge in [0.2, 0.25) is 0 Å². The Morgan fingerprint density at radius 1 is 1.31 bits per heavy atom. The van der Waals surface area contributed by atoms with Gasteiger partial charge < -0.3 is 15.4 Å². The molecule has 2 unspecified atom stereocenters. The van der Waals surface area contributed by atoms with Gasteiger partial charge in [-0.1, -0.05) is 6.92 Å². The van der Waals surface area contributed by atoms with Crippen molar-refractivity contribution in [1.29, 1.82) is 0 Å². The van der Waals surface area contributed by atoms with E-state index in [1.165, 1.54) is 0 Å². The molecule has 0 aromatic heterocycles. The highest BCUT2D eigenvalue weighted by Crippen LogP contribution is 1.88. The highest BCUT2D eigenvalue weighted by molar-refractivity contribution is 7.80. The van der Waals surface area contributed by atoms with Gasteiger partial charge in [-0.2, -0.15) is 0 Å². The van der Waals surface area contributed by atoms with Crippen LogP contribution in [0.25, 0.3) is 0 Å². The molecule has 2 atom stereocenters. The average Bonchev–Trinajstić information content (AvgIpc) is 2.04. The highest BCUT2D eigenvalue weighted by atomic mass is 32.1. The van der Waals surface area contributed by atoms with Crippen LogP contribution in [0.5, 0.6) is 0 Å². The van der Waals surface area contributed by atoms with Crippen LogP contribution in [0.4, 0.5) is 0 Å². The van der Waals surface area contributed by atoms with E-state index in [2.05, 4.69) is 24.5 Å². The molecule has 0 rings (SSSR count). The molecule has 2 N–H and O–H groups in total. The largest absolute Gasteiger partial charge is 0.383 e. The average molecular weight is 204 g/mol. The van der Waals surface area contributed by atoms with Crippen molar-refractivity contribution in [3.63, 3.8) is 0 Å². The van der Waals surface area contributed by atoms with E-state index >= 15 is 0 Å². The molecule has 0 fully saturated rings. The molecular formula is C9H20N2OS. The van der Waals surface area contributed by atoms with Crippen molar-refractivity contribution < 1.29 is 4.74 Å². The normalized spacial score (nSPS) is 14.8. The molecule has 4 heteroatoms. The molecule has 3 nitrogen and oxygen atoms in total. The standard InChI is InChI=1S/C9H20N2OS/c1-5-7(2)10-9(13)11-8(3)6-12-4/h7-8H,5-6H2,1-4H3,(H2,10,11,13). The number of nitrogens with one attached hydrogen (secondary N) is 2. The maximum Gasteiger partial charge on any atom is 0.166 e. The Kier molecular flexibility index (Phi) is 6.90. The molecule has 0 radical (unpaired) electrons. The SMILES string of the molecule is CCC(C)NC(=S)NC(C)COC. The second-order valence-corrected chi connectivity index (χ2v) is 3.69. The van der Waals surface area contributed by atoms with Gasteiger partial charge in [-0.15, -0.1) is 0 Å². The Hall–Kier alpha value is -0.350. The fraction of sp³-hybridized carbons (Fsp3) is 0.889. The number of rotatable bonds is 5. The van der Waals surface area contributed by atoms with E-state index in [0.29, 0.717) is 17.8 Å². The molecule has 0 spiro atoms. The lowest BCUT2D eigenvalue weighted by Crippen LogP contribution is -2.45. The molecule has 0 aliphatic heterocycles. The summed E-state index contributed by atoms with van der Waals surface area (Å²) in [6.07, 6.45) is 1.07. The van der Waals surface area contributed by atoms with Gasteiger partial charge in [-0.3, -0.25) is 0 Å². The van der Waals surface area contributed by atoms with E-state index in [0.717, 1.165) is 6.42 Å². The number of ether oxygens (including phenoxy) is 1. The summed E-state index contributed by atoms with van der Waals surface area (Å²) in [4.78, 5) is 0. The molecule has 0 aromatic carbocycles. The second-order valence-electron chi connectivity index (χ2n) is 3.28. The van der Waals surface area contributed by atoms with E-state index in [1.807, 2.05) is 6.92 Å². The zero-order chi connectivity index (χ0) is 10.3. The van der Waals surface area contributed by atoms with Crippen LogP contribution in [-0.2, 0) is 4.74 Å². The van der Waals surface area contributed by atoms with Crippen molar-refractivity contribution in [3.8, 4) is 0 Å². The third kappa shape index (κ3) is 6.78. The van der Waals surface area contributed by atoms with E-state index in [9.17, 15) is 0 Å². The lowest BCUT2D eigenvalue weighted by Gasteiger charge is -2.19. The van der Waals surface area contributed by atoms with Gasteiger partial charge in [-0.05, 0) is 32.5 Å². The quantitative estimate of drug-likeness (QED) is 0.661. The van der Waals surface area contributed by atoms with E-state index < -0.39 is 0 Å². The summed E-state index contributed by atoms with van der Waals surface area (Å²) >= 11 is 5.11. The van der Waals surface area contributed by atoms with Crippen molar-refractivity contribution in [2.24, 2.45) is 0 Å². The van der Waals surface area contributed by atoms with Crippen molar-refractivity contribution in [3.05, 3.63) is 0 Å². The summed E-state index contributed by atoms with van der Waals surface area (Å²) in [5.74, 6) is 0. The second kappa shape index (κ2) is 7.09. The number of thiocarbonyl (C=S) groups is 1. The van der Waals surface area contributed by atoms with E-state index in [-0.39, 0.29) is 6.04 Å². The third-order valence-corrected chi connectivity index (χ3v) is 2.02. The molecule has 78 valence electrons. The van der Waals surface area contributed by atoms with Crippen molar-refractivity contribution in [2.75, 3.05) is 13.7 Å². The van der Waals surface area contributed by atoms with Gasteiger partial charge in [0.15, 0.2) is 5.11 Å². The molecule has 13 heavy (non-hydrogen) atoms. The monoisotopic (exact) mass is 204 g/mol. The number of hydrogen-bond donors (Lipinski definition) is 2. The first-order chi connectivity index (χ1) is 6.10. The molecular weight excluding hydrogens is 184 g/mol. The maximum atomic E-state index is 5.11. The van der Waals surface area contributed by atoms with Crippen molar-refractivity contribution in [2.45, 2.75) is 39.3 Å². The Morgan fingerprint density at radius 3 is 2.31 bits per heavy atom. The van der Waals surface area contributed by atoms with Crippen LogP contribution >= 0.6 is 12.2 Å². The van der Waals surface area contributed by atoms with Gasteiger partial charge in [0.1, 0.15) is 0 Å². The summed E-state index contributed by atoms with van der Waals surface area (Å²) in [6.45, 7) is 6.93. The molecule has 0 aliphatic carbocycles. The summed E-state index contributed by atoms with van der Waals surface area (Å²) in [7, 11) is 1.68. The van der Waals surface area contributed by atoms with Crippen LogP contribution in [0.15, 0.2) is 0 Å². The molecule has 0 bridgehead atoms. The van der Waals surface area contributed by atoms with E-state index in [1.54, 1.807) is 7.11 Å². The number of methoxy groups -OCH3 is 1. The molecule has 0 amide bonds. The van der Waals surface area contributed by atoms with Crippen molar-refractivity contribution in [1.82, 2.24) is 10.6 Å². The summed E-state index contributed by atoms with van der Waals surface area (Å²) < 4.78 is 4.99. The van der Waals surface area contributed by atoms with Crippen molar-refractivity contribution >= 4 is 17.3 Å². The summed E-state index contributed by atoms with van der Waals surface area (Å²) in [6, 6.07) is 0.684. The maximum absolute atomic E-state index is 5.11. The van der Waals surface area contributed by atoms with Crippen LogP contribution < -0.4 is 10.6 Å². The third-order valence-electron chi connectivity index (χ3n) is 1.78. The Labute approximate surface area is 86.2 Å². The summed E-state index contributed by atoms with van der Waals surface area (Å²) in [5, 5.41) is 7.03. The molecule has 0 aliphatic rings. The minimum absolute atomic E-state index is 0.258. The van der Waals surface area contributed by atoms with Crippen LogP contribution in [0.2, 0.25) is 0 Å². The van der Waals surface area contributed by atoms with Crippen LogP contribution in [0.1, 0.15) is 27.2 Å². The minimum Gasteiger partial charge on any atom is -0.383 e. The molecule has 0 aromatic rings. The predicted molar refractivity (Wildman–Crippen MR) is 60.0 cm³/mol. The first-order valence-corrected chi connectivity index (χ1v) is 5.06. The van der Waals surface area contributed by atoms with Gasteiger partial charge in [0.25, 0.3) is 0 Å². The fourth-order valence-corrected chi connectivity index (χ4v) is 1.29. The van der Waals surface area contributed by atoms with Crippen LogP contribution in [0.3, 0.4) is 0 Å². The van der Waals surface area contributed by atoms with Crippen LogP contribution in [-0.4, -0.2) is 30.9 Å². The molecule has 0 saturated carbocycles. The fourth-order valence-electron chi connectivity index (χ4n) is 0.883. The Morgan fingerprint density at radius 2 is 1.85 bits per heavy atom. The topological polar surface area (TPSA) is 33.3 Å². The summed E-state index contributed by atoms with van der Waals surface area (Å²) in [5.41, 5.74) is 0. The van der Waals surface area contributed by atoms with Gasteiger partial charge in [-0.25, -0.2) is 0 Å². The van der Waals surface area contributed by atoms with Gasteiger partial charge in [0, 0.05) is 19.2 Å². The Bertz CT molecular complexity index is 153. The zero-order valence-electron chi connectivity index (χ0n) is 8.89. The smallest absolute Gasteiger partial charge is 0.166 e. The Balaban J connectivity index is 3.61. The first-order valence-electron chi connectivity index (χ1n) is 4.66. The minimum atomic E-state index is 0.258. The molecule has 0 saturated heterocycles. The lowest BCUT2D eigenvalue weighted by atomic mass is 10.3. The number of hydrogen-bond acceptors (Lipinski definition) is 2. The zero-order valence-corrected chi connectivity index (χ0v) is 9.70.